The molecule has 0 bridgehead atoms. The van der Waals surface area contributed by atoms with E-state index in [1.807, 2.05) is 0 Å². The lowest BCUT2D eigenvalue weighted by Gasteiger charge is -2.17. The average Bonchev–Trinajstić information content (AvgIpc) is 3.16. The summed E-state index contributed by atoms with van der Waals surface area (Å²) < 4.78 is 80.9. The molecule has 1 aromatic carbocycles. The van der Waals surface area contributed by atoms with E-state index in [0.717, 1.165) is 23.0 Å². The molecular formula is C18H12BrF6N5O2. The van der Waals surface area contributed by atoms with E-state index in [-0.39, 0.29) is 21.5 Å². The Balaban J connectivity index is 1.85. The van der Waals surface area contributed by atoms with Gasteiger partial charge < -0.3 is 10.1 Å². The molecule has 7 nitrogen and oxygen atoms in total. The highest BCUT2D eigenvalue weighted by atomic mass is 79.9. The maximum atomic E-state index is 12.9. The number of alkyl halides is 6. The largest absolute Gasteiger partial charge is 0.573 e. The van der Waals surface area contributed by atoms with Crippen molar-refractivity contribution in [2.24, 2.45) is 0 Å². The highest BCUT2D eigenvalue weighted by Crippen LogP contribution is 2.30. The van der Waals surface area contributed by atoms with Crippen molar-refractivity contribution in [3.63, 3.8) is 0 Å². The van der Waals surface area contributed by atoms with Crippen LogP contribution in [0.25, 0.3) is 5.82 Å². The van der Waals surface area contributed by atoms with Crippen LogP contribution in [0, 0.1) is 0 Å². The molecule has 14 heteroatoms. The zero-order chi connectivity index (χ0) is 23.7. The van der Waals surface area contributed by atoms with E-state index in [1.54, 1.807) is 0 Å². The summed E-state index contributed by atoms with van der Waals surface area (Å²) in [5.74, 6) is -1.45. The zero-order valence-electron chi connectivity index (χ0n) is 15.9. The number of hydrogen-bond acceptors (Lipinski definition) is 5. The molecule has 170 valence electrons. The summed E-state index contributed by atoms with van der Waals surface area (Å²) in [4.78, 5) is 20.6. The Morgan fingerprint density at radius 1 is 1.12 bits per heavy atom. The molecule has 0 saturated heterocycles. The highest BCUT2D eigenvalue weighted by Gasteiger charge is 2.33. The van der Waals surface area contributed by atoms with Crippen molar-refractivity contribution in [2.45, 2.75) is 25.5 Å². The van der Waals surface area contributed by atoms with E-state index in [2.05, 4.69) is 41.1 Å². The van der Waals surface area contributed by atoms with Gasteiger partial charge in [-0.2, -0.15) is 18.3 Å². The normalized spacial score (nSPS) is 13.0. The number of rotatable bonds is 5. The molecule has 0 fully saturated rings. The Bertz CT molecular complexity index is 1130. The predicted molar refractivity (Wildman–Crippen MR) is 101 cm³/mol. The molecule has 1 N–H and O–H groups in total. The Hall–Kier alpha value is -3.16. The lowest BCUT2D eigenvalue weighted by Crippen LogP contribution is -2.28. The first-order chi connectivity index (χ1) is 14.8. The van der Waals surface area contributed by atoms with Gasteiger partial charge in [-0.1, -0.05) is 15.9 Å². The van der Waals surface area contributed by atoms with Crippen LogP contribution in [0.2, 0.25) is 0 Å². The van der Waals surface area contributed by atoms with Gasteiger partial charge in [-0.3, -0.25) is 9.78 Å². The number of halogens is 7. The van der Waals surface area contributed by atoms with E-state index in [0.29, 0.717) is 6.20 Å². The van der Waals surface area contributed by atoms with Crippen molar-refractivity contribution in [1.29, 1.82) is 0 Å². The molecule has 0 saturated carbocycles. The van der Waals surface area contributed by atoms with Crippen LogP contribution >= 0.6 is 15.9 Å². The molecule has 2 heterocycles. The molecule has 0 radical (unpaired) electrons. The third-order valence-corrected chi connectivity index (χ3v) is 4.42. The van der Waals surface area contributed by atoms with E-state index in [4.69, 9.17) is 0 Å². The molecule has 0 aliphatic heterocycles. The topological polar surface area (TPSA) is 81.9 Å². The molecule has 1 amide bonds. The van der Waals surface area contributed by atoms with E-state index >= 15 is 0 Å². The summed E-state index contributed by atoms with van der Waals surface area (Å²) >= 11 is 3.01. The smallest absolute Gasteiger partial charge is 0.406 e. The van der Waals surface area contributed by atoms with Crippen LogP contribution in [0.15, 0.2) is 47.5 Å². The van der Waals surface area contributed by atoms with Gasteiger partial charge in [0.05, 0.1) is 17.8 Å². The number of carbonyl (C=O) groups is 1. The van der Waals surface area contributed by atoms with Gasteiger partial charge in [0.25, 0.3) is 5.91 Å². The third-order valence-electron chi connectivity index (χ3n) is 3.96. The second-order valence-corrected chi connectivity index (χ2v) is 7.27. The number of amides is 1. The molecule has 2 aromatic heterocycles. The average molecular weight is 524 g/mol. The van der Waals surface area contributed by atoms with Gasteiger partial charge >= 0.3 is 12.5 Å². The number of nitrogens with one attached hydrogen (secondary N) is 1. The van der Waals surface area contributed by atoms with Gasteiger partial charge in [-0.05, 0) is 25.1 Å². The van der Waals surface area contributed by atoms with Crippen molar-refractivity contribution < 1.29 is 35.9 Å². The summed E-state index contributed by atoms with van der Waals surface area (Å²) in [7, 11) is 0. The molecule has 1 unspecified atom stereocenters. The number of nitrogens with zero attached hydrogens (tertiary/aromatic N) is 4. The molecule has 3 rings (SSSR count). The number of aromatic nitrogens is 4. The minimum Gasteiger partial charge on any atom is -0.406 e. The van der Waals surface area contributed by atoms with E-state index < -0.39 is 35.8 Å². The van der Waals surface area contributed by atoms with Gasteiger partial charge in [0.2, 0.25) is 0 Å². The molecule has 0 aliphatic carbocycles. The lowest BCUT2D eigenvalue weighted by molar-refractivity contribution is -0.274. The molecular weight excluding hydrogens is 512 g/mol. The highest BCUT2D eigenvalue weighted by molar-refractivity contribution is 9.10. The Labute approximate surface area is 184 Å². The van der Waals surface area contributed by atoms with E-state index in [9.17, 15) is 31.1 Å². The third kappa shape index (κ3) is 5.75. The van der Waals surface area contributed by atoms with Crippen molar-refractivity contribution in [2.75, 3.05) is 0 Å². The fourth-order valence-corrected chi connectivity index (χ4v) is 3.12. The Kier molecular flexibility index (Phi) is 6.44. The van der Waals surface area contributed by atoms with E-state index in [1.165, 1.54) is 25.4 Å². The monoisotopic (exact) mass is 523 g/mol. The van der Waals surface area contributed by atoms with Gasteiger partial charge in [0, 0.05) is 28.6 Å². The lowest BCUT2D eigenvalue weighted by atomic mass is 10.1. The summed E-state index contributed by atoms with van der Waals surface area (Å²) in [5, 5.41) is 6.16. The number of hydrogen-bond donors (Lipinski definition) is 1. The van der Waals surface area contributed by atoms with Crippen molar-refractivity contribution in [3.8, 4) is 11.6 Å². The van der Waals surface area contributed by atoms with Gasteiger partial charge in [0.15, 0.2) is 5.82 Å². The summed E-state index contributed by atoms with van der Waals surface area (Å²) in [6.45, 7) is 1.48. The zero-order valence-corrected chi connectivity index (χ0v) is 17.5. The summed E-state index contributed by atoms with van der Waals surface area (Å²) in [6.07, 6.45) is -5.73. The Morgan fingerprint density at radius 3 is 2.44 bits per heavy atom. The first kappa shape index (κ1) is 23.5. The second-order valence-electron chi connectivity index (χ2n) is 6.36. The van der Waals surface area contributed by atoms with Crippen molar-refractivity contribution >= 4 is 21.8 Å². The van der Waals surface area contributed by atoms with Crippen LogP contribution in [0.3, 0.4) is 0 Å². The minimum absolute atomic E-state index is 0.0638. The van der Waals surface area contributed by atoms with Crippen LogP contribution in [0.5, 0.6) is 5.75 Å². The van der Waals surface area contributed by atoms with Crippen LogP contribution in [0.1, 0.15) is 34.6 Å². The fourth-order valence-electron chi connectivity index (χ4n) is 2.64. The first-order valence-corrected chi connectivity index (χ1v) is 9.43. The van der Waals surface area contributed by atoms with Crippen LogP contribution < -0.4 is 10.1 Å². The molecule has 0 aliphatic rings. The molecule has 1 atom stereocenters. The molecule has 0 spiro atoms. The standard InChI is InChI=1S/C18H12BrF6N5O2/c1-9(29-16(31)10-4-12(19)6-13(5-10)32-18(23,24)25)14-15(27-3-2-26-14)30-8-11(7-28-30)17(20,21)22/h2-9H,1H3,(H,29,31). The quantitative estimate of drug-likeness (QED) is 0.484. The number of carbonyl (C=O) groups excluding carboxylic acids is 1. The maximum absolute atomic E-state index is 12.9. The molecule has 3 aromatic rings. The van der Waals surface area contributed by atoms with Gasteiger partial charge in [-0.25, -0.2) is 9.67 Å². The van der Waals surface area contributed by atoms with Gasteiger partial charge in [-0.15, -0.1) is 13.2 Å². The predicted octanol–water partition coefficient (Wildman–Crippen LogP) is 4.83. The van der Waals surface area contributed by atoms with Crippen molar-refractivity contribution in [1.82, 2.24) is 25.1 Å². The number of ether oxygens (including phenoxy) is 1. The van der Waals surface area contributed by atoms with Crippen LogP contribution in [0.4, 0.5) is 26.3 Å². The summed E-state index contributed by atoms with van der Waals surface area (Å²) in [6, 6.07) is 2.30. The minimum atomic E-state index is -4.95. The fraction of sp³-hybridized carbons (Fsp3) is 0.222. The van der Waals surface area contributed by atoms with Crippen LogP contribution in [-0.4, -0.2) is 32.0 Å². The number of benzene rings is 1. The van der Waals surface area contributed by atoms with Crippen molar-refractivity contribution in [3.05, 3.63) is 64.3 Å². The van der Waals surface area contributed by atoms with Crippen LogP contribution in [-0.2, 0) is 6.18 Å². The summed E-state index contributed by atoms with van der Waals surface area (Å²) in [5.41, 5.74) is -1.08. The van der Waals surface area contributed by atoms with Gasteiger partial charge in [0.1, 0.15) is 11.4 Å². The first-order valence-electron chi connectivity index (χ1n) is 8.64. The Morgan fingerprint density at radius 2 is 1.81 bits per heavy atom. The molecule has 32 heavy (non-hydrogen) atoms. The second kappa shape index (κ2) is 8.76. The maximum Gasteiger partial charge on any atom is 0.573 e. The SMILES string of the molecule is CC(NC(=O)c1cc(Br)cc(OC(F)(F)F)c1)c1nccnc1-n1cc(C(F)(F)F)cn1.